The molecule has 9 heteroatoms. The van der Waals surface area contributed by atoms with Crippen molar-refractivity contribution in [3.05, 3.63) is 36.8 Å². The number of hydrogen-bond acceptors (Lipinski definition) is 6. The van der Waals surface area contributed by atoms with E-state index in [1.165, 1.54) is 6.33 Å². The van der Waals surface area contributed by atoms with Crippen molar-refractivity contribution in [1.82, 2.24) is 34.6 Å². The third-order valence-corrected chi connectivity index (χ3v) is 4.35. The second-order valence-corrected chi connectivity index (χ2v) is 5.98. The summed E-state index contributed by atoms with van der Waals surface area (Å²) < 4.78 is 9.16. The van der Waals surface area contributed by atoms with Crippen molar-refractivity contribution in [2.45, 2.75) is 25.4 Å². The van der Waals surface area contributed by atoms with Crippen LogP contribution in [0.15, 0.2) is 31.2 Å². The SMILES string of the molecule is O=C(NCCn1cncn1)c1cnc2c(c1)ncn2C1CCOCC1. The molecule has 0 unspecified atom stereocenters. The van der Waals surface area contributed by atoms with Crippen LogP contribution in [0.5, 0.6) is 0 Å². The van der Waals surface area contributed by atoms with E-state index in [0.29, 0.717) is 24.7 Å². The van der Waals surface area contributed by atoms with E-state index in [9.17, 15) is 4.79 Å². The fourth-order valence-corrected chi connectivity index (χ4v) is 3.01. The van der Waals surface area contributed by atoms with Gasteiger partial charge in [-0.15, -0.1) is 0 Å². The number of carbonyl (C=O) groups is 1. The van der Waals surface area contributed by atoms with Crippen molar-refractivity contribution in [2.24, 2.45) is 0 Å². The minimum atomic E-state index is -0.171. The molecule has 25 heavy (non-hydrogen) atoms. The Morgan fingerprint density at radius 3 is 2.96 bits per heavy atom. The van der Waals surface area contributed by atoms with Crippen molar-refractivity contribution in [1.29, 1.82) is 0 Å². The molecule has 0 aliphatic carbocycles. The lowest BCUT2D eigenvalue weighted by Crippen LogP contribution is -2.27. The highest BCUT2D eigenvalue weighted by Crippen LogP contribution is 2.24. The zero-order chi connectivity index (χ0) is 17.1. The number of amides is 1. The third kappa shape index (κ3) is 3.36. The number of rotatable bonds is 5. The number of carbonyl (C=O) groups excluding carboxylic acids is 1. The summed E-state index contributed by atoms with van der Waals surface area (Å²) in [4.78, 5) is 25.0. The van der Waals surface area contributed by atoms with Gasteiger partial charge in [-0.3, -0.25) is 9.48 Å². The number of nitrogens with one attached hydrogen (secondary N) is 1. The quantitative estimate of drug-likeness (QED) is 0.737. The van der Waals surface area contributed by atoms with Gasteiger partial charge < -0.3 is 14.6 Å². The van der Waals surface area contributed by atoms with Gasteiger partial charge in [-0.1, -0.05) is 0 Å². The van der Waals surface area contributed by atoms with Gasteiger partial charge in [0.25, 0.3) is 5.91 Å². The standard InChI is InChI=1S/C16H19N7O2/c24-16(18-3-4-22-10-17-9-21-22)12-7-14-15(19-8-12)23(11-20-14)13-1-5-25-6-2-13/h7-11,13H,1-6H2,(H,18,24). The van der Waals surface area contributed by atoms with E-state index < -0.39 is 0 Å². The van der Waals surface area contributed by atoms with Crippen LogP contribution in [-0.2, 0) is 11.3 Å². The molecule has 1 fully saturated rings. The maximum absolute atomic E-state index is 12.3. The maximum Gasteiger partial charge on any atom is 0.252 e. The molecule has 4 heterocycles. The molecule has 1 amide bonds. The Kier molecular flexibility index (Phi) is 4.38. The molecule has 0 saturated carbocycles. The molecule has 4 rings (SSSR count). The van der Waals surface area contributed by atoms with Gasteiger partial charge in [-0.05, 0) is 18.9 Å². The zero-order valence-corrected chi connectivity index (χ0v) is 13.7. The Morgan fingerprint density at radius 1 is 1.28 bits per heavy atom. The lowest BCUT2D eigenvalue weighted by Gasteiger charge is -2.23. The average molecular weight is 341 g/mol. The highest BCUT2D eigenvalue weighted by Gasteiger charge is 2.19. The molecule has 0 atom stereocenters. The molecule has 3 aromatic heterocycles. The van der Waals surface area contributed by atoms with Crippen molar-refractivity contribution in [2.75, 3.05) is 19.8 Å². The second-order valence-electron chi connectivity index (χ2n) is 5.98. The summed E-state index contributed by atoms with van der Waals surface area (Å²) in [5.74, 6) is -0.171. The van der Waals surface area contributed by atoms with Crippen LogP contribution < -0.4 is 5.32 Å². The van der Waals surface area contributed by atoms with E-state index in [1.807, 2.05) is 0 Å². The number of aromatic nitrogens is 6. The molecule has 3 aromatic rings. The van der Waals surface area contributed by atoms with Gasteiger partial charge in [0.15, 0.2) is 5.65 Å². The van der Waals surface area contributed by atoms with Gasteiger partial charge in [-0.25, -0.2) is 15.0 Å². The van der Waals surface area contributed by atoms with Crippen LogP contribution in [0.3, 0.4) is 0 Å². The Bertz CT molecular complexity index is 853. The van der Waals surface area contributed by atoms with Crippen molar-refractivity contribution < 1.29 is 9.53 Å². The summed E-state index contributed by atoms with van der Waals surface area (Å²) >= 11 is 0. The molecule has 130 valence electrons. The number of pyridine rings is 1. The van der Waals surface area contributed by atoms with Gasteiger partial charge in [0, 0.05) is 32.0 Å². The molecule has 9 nitrogen and oxygen atoms in total. The number of nitrogens with zero attached hydrogens (tertiary/aromatic N) is 6. The number of hydrogen-bond donors (Lipinski definition) is 1. The molecular formula is C16H19N7O2. The predicted octanol–water partition coefficient (Wildman–Crippen LogP) is 0.804. The number of ether oxygens (including phenoxy) is 1. The number of fused-ring (bicyclic) bond motifs is 1. The summed E-state index contributed by atoms with van der Waals surface area (Å²) in [5, 5.41) is 6.85. The van der Waals surface area contributed by atoms with Gasteiger partial charge in [-0.2, -0.15) is 5.10 Å². The first-order chi connectivity index (χ1) is 12.3. The molecule has 1 N–H and O–H groups in total. The Hall–Kier alpha value is -2.81. The molecule has 0 bridgehead atoms. The molecule has 0 aromatic carbocycles. The average Bonchev–Trinajstić information content (AvgIpc) is 3.31. The Balaban J connectivity index is 1.44. The smallest absolute Gasteiger partial charge is 0.252 e. The second kappa shape index (κ2) is 6.98. The first kappa shape index (κ1) is 15.7. The highest BCUT2D eigenvalue weighted by atomic mass is 16.5. The van der Waals surface area contributed by atoms with E-state index in [-0.39, 0.29) is 5.91 Å². The van der Waals surface area contributed by atoms with Crippen molar-refractivity contribution in [3.8, 4) is 0 Å². The Morgan fingerprint density at radius 2 is 2.16 bits per heavy atom. The van der Waals surface area contributed by atoms with E-state index in [0.717, 1.165) is 37.2 Å². The lowest BCUT2D eigenvalue weighted by atomic mass is 10.1. The molecule has 1 aliphatic heterocycles. The van der Waals surface area contributed by atoms with Gasteiger partial charge in [0.1, 0.15) is 18.2 Å². The first-order valence-electron chi connectivity index (χ1n) is 8.32. The summed E-state index contributed by atoms with van der Waals surface area (Å²) in [6.07, 6.45) is 8.40. The van der Waals surface area contributed by atoms with Gasteiger partial charge in [0.05, 0.1) is 18.4 Å². The first-order valence-corrected chi connectivity index (χ1v) is 8.32. The van der Waals surface area contributed by atoms with Crippen LogP contribution in [0, 0.1) is 0 Å². The van der Waals surface area contributed by atoms with E-state index in [4.69, 9.17) is 4.74 Å². The van der Waals surface area contributed by atoms with Crippen molar-refractivity contribution in [3.63, 3.8) is 0 Å². The molecule has 1 saturated heterocycles. The van der Waals surface area contributed by atoms with Crippen LogP contribution in [0.4, 0.5) is 0 Å². The molecule has 0 spiro atoms. The topological polar surface area (TPSA) is 99.8 Å². The van der Waals surface area contributed by atoms with Crippen molar-refractivity contribution >= 4 is 17.1 Å². The molecule has 1 aliphatic rings. The summed E-state index contributed by atoms with van der Waals surface area (Å²) in [5.41, 5.74) is 2.05. The Labute approximate surface area is 144 Å². The summed E-state index contributed by atoms with van der Waals surface area (Å²) in [6, 6.07) is 2.14. The summed E-state index contributed by atoms with van der Waals surface area (Å²) in [7, 11) is 0. The monoisotopic (exact) mass is 341 g/mol. The van der Waals surface area contributed by atoms with E-state index >= 15 is 0 Å². The van der Waals surface area contributed by atoms with Gasteiger partial charge in [0.2, 0.25) is 0 Å². The predicted molar refractivity (Wildman–Crippen MR) is 89.0 cm³/mol. The van der Waals surface area contributed by atoms with Crippen LogP contribution >= 0.6 is 0 Å². The van der Waals surface area contributed by atoms with Gasteiger partial charge >= 0.3 is 0 Å². The fraction of sp³-hybridized carbons (Fsp3) is 0.438. The molecular weight excluding hydrogens is 322 g/mol. The summed E-state index contributed by atoms with van der Waals surface area (Å²) in [6.45, 7) is 2.56. The number of imidazole rings is 1. The maximum atomic E-state index is 12.3. The van der Waals surface area contributed by atoms with Crippen LogP contribution in [-0.4, -0.2) is 55.0 Å². The van der Waals surface area contributed by atoms with Crippen LogP contribution in [0.25, 0.3) is 11.2 Å². The van der Waals surface area contributed by atoms with Crippen LogP contribution in [0.2, 0.25) is 0 Å². The zero-order valence-electron chi connectivity index (χ0n) is 13.7. The molecule has 0 radical (unpaired) electrons. The minimum Gasteiger partial charge on any atom is -0.381 e. The lowest BCUT2D eigenvalue weighted by molar-refractivity contribution is 0.0704. The van der Waals surface area contributed by atoms with E-state index in [2.05, 4.69) is 29.9 Å². The largest absolute Gasteiger partial charge is 0.381 e. The third-order valence-electron chi connectivity index (χ3n) is 4.35. The normalized spacial score (nSPS) is 15.5. The fourth-order valence-electron chi connectivity index (χ4n) is 3.01. The van der Waals surface area contributed by atoms with E-state index in [1.54, 1.807) is 29.6 Å². The minimum absolute atomic E-state index is 0.171. The van der Waals surface area contributed by atoms with Crippen LogP contribution in [0.1, 0.15) is 29.2 Å². The highest BCUT2D eigenvalue weighted by molar-refractivity contribution is 5.96.